The van der Waals surface area contributed by atoms with Gasteiger partial charge in [-0.1, -0.05) is 60.7 Å². The third-order valence-corrected chi connectivity index (χ3v) is 5.18. The molecule has 0 radical (unpaired) electrons. The first kappa shape index (κ1) is 15.5. The molecular weight excluding hydrogens is 310 g/mol. The van der Waals surface area contributed by atoms with E-state index in [2.05, 4.69) is 5.32 Å². The van der Waals surface area contributed by atoms with E-state index in [1.54, 1.807) is 0 Å². The Morgan fingerprint density at radius 1 is 0.957 bits per heavy atom. The second-order valence-electron chi connectivity index (χ2n) is 5.53. The van der Waals surface area contributed by atoms with E-state index in [9.17, 15) is 13.2 Å². The maximum atomic E-state index is 12.8. The Morgan fingerprint density at radius 3 is 1.91 bits per heavy atom. The highest BCUT2D eigenvalue weighted by Crippen LogP contribution is 2.25. The molecule has 1 aliphatic heterocycles. The second-order valence-corrected chi connectivity index (χ2v) is 7.46. The van der Waals surface area contributed by atoms with Crippen molar-refractivity contribution in [1.29, 1.82) is 0 Å². The lowest BCUT2D eigenvalue weighted by atomic mass is 9.90. The average molecular weight is 327 g/mol. The van der Waals surface area contributed by atoms with Crippen LogP contribution in [-0.4, -0.2) is 26.1 Å². The van der Waals surface area contributed by atoms with Gasteiger partial charge in [-0.25, -0.2) is 8.42 Å². The van der Waals surface area contributed by atoms with Crippen molar-refractivity contribution < 1.29 is 13.2 Å². The molecule has 1 N–H and O–H groups in total. The van der Waals surface area contributed by atoms with Gasteiger partial charge >= 0.3 is 0 Å². The summed E-state index contributed by atoms with van der Waals surface area (Å²) in [7, 11) is -3.19. The monoisotopic (exact) mass is 327 g/mol. The standard InChI is InChI=1S/C18H17NO3S/c20-18(19-16-11-12-23(21,22)13-16)17(14-7-3-1-4-8-14)15-9-5-2-6-10-15/h1-12,16-17H,13H2,(H,19,20). The van der Waals surface area contributed by atoms with Crippen LogP contribution in [0.25, 0.3) is 0 Å². The number of hydrogen-bond donors (Lipinski definition) is 1. The Bertz CT molecular complexity index is 774. The zero-order valence-electron chi connectivity index (χ0n) is 12.4. The number of amides is 1. The molecule has 23 heavy (non-hydrogen) atoms. The van der Waals surface area contributed by atoms with Gasteiger partial charge in [-0.3, -0.25) is 4.79 Å². The highest BCUT2D eigenvalue weighted by molar-refractivity contribution is 7.94. The fourth-order valence-electron chi connectivity index (χ4n) is 2.72. The lowest BCUT2D eigenvalue weighted by molar-refractivity contribution is -0.122. The van der Waals surface area contributed by atoms with Crippen molar-refractivity contribution in [1.82, 2.24) is 5.32 Å². The van der Waals surface area contributed by atoms with E-state index in [4.69, 9.17) is 0 Å². The number of rotatable bonds is 4. The predicted molar refractivity (Wildman–Crippen MR) is 89.6 cm³/mol. The Morgan fingerprint density at radius 2 is 1.48 bits per heavy atom. The fourth-order valence-corrected chi connectivity index (χ4v) is 3.95. The van der Waals surface area contributed by atoms with Crippen LogP contribution >= 0.6 is 0 Å². The molecule has 1 heterocycles. The van der Waals surface area contributed by atoms with E-state index >= 15 is 0 Å². The van der Waals surface area contributed by atoms with Crippen LogP contribution < -0.4 is 5.32 Å². The van der Waals surface area contributed by atoms with Gasteiger partial charge in [0.05, 0.1) is 17.7 Å². The fraction of sp³-hybridized carbons (Fsp3) is 0.167. The van der Waals surface area contributed by atoms with Crippen LogP contribution in [0.5, 0.6) is 0 Å². The molecule has 0 saturated carbocycles. The van der Waals surface area contributed by atoms with Crippen molar-refractivity contribution in [2.75, 3.05) is 5.75 Å². The van der Waals surface area contributed by atoms with Crippen LogP contribution in [0.4, 0.5) is 0 Å². The largest absolute Gasteiger partial charge is 0.348 e. The first-order chi connectivity index (χ1) is 11.1. The van der Waals surface area contributed by atoms with Crippen LogP contribution in [0, 0.1) is 0 Å². The van der Waals surface area contributed by atoms with Gasteiger partial charge in [-0.05, 0) is 17.2 Å². The summed E-state index contributed by atoms with van der Waals surface area (Å²) in [6.07, 6.45) is 1.53. The first-order valence-electron chi connectivity index (χ1n) is 7.36. The number of carbonyl (C=O) groups excluding carboxylic acids is 1. The number of sulfone groups is 1. The third-order valence-electron chi connectivity index (χ3n) is 3.79. The summed E-state index contributed by atoms with van der Waals surface area (Å²) in [4.78, 5) is 12.8. The summed E-state index contributed by atoms with van der Waals surface area (Å²) >= 11 is 0. The maximum absolute atomic E-state index is 12.8. The van der Waals surface area contributed by atoms with Gasteiger partial charge in [0.2, 0.25) is 5.91 Å². The molecule has 0 spiro atoms. The second kappa shape index (κ2) is 6.38. The lowest BCUT2D eigenvalue weighted by Gasteiger charge is -2.20. The molecule has 0 aliphatic carbocycles. The van der Waals surface area contributed by atoms with Crippen LogP contribution in [0.2, 0.25) is 0 Å². The van der Waals surface area contributed by atoms with E-state index in [0.717, 1.165) is 16.5 Å². The van der Waals surface area contributed by atoms with Gasteiger partial charge < -0.3 is 5.32 Å². The number of carbonyl (C=O) groups is 1. The lowest BCUT2D eigenvalue weighted by Crippen LogP contribution is -2.39. The highest BCUT2D eigenvalue weighted by Gasteiger charge is 2.28. The van der Waals surface area contributed by atoms with Crippen molar-refractivity contribution in [2.45, 2.75) is 12.0 Å². The molecule has 2 aromatic carbocycles. The van der Waals surface area contributed by atoms with Gasteiger partial charge in [0.1, 0.15) is 0 Å². The zero-order chi connectivity index (χ0) is 16.3. The molecule has 0 aromatic heterocycles. The van der Waals surface area contributed by atoms with E-state index in [1.165, 1.54) is 6.08 Å². The van der Waals surface area contributed by atoms with Gasteiger partial charge in [0, 0.05) is 5.41 Å². The minimum absolute atomic E-state index is 0.0744. The minimum Gasteiger partial charge on any atom is -0.348 e. The molecule has 4 nitrogen and oxygen atoms in total. The molecule has 1 amide bonds. The van der Waals surface area contributed by atoms with E-state index in [0.29, 0.717) is 0 Å². The smallest absolute Gasteiger partial charge is 0.232 e. The SMILES string of the molecule is O=C(NC1C=CS(=O)(=O)C1)C(c1ccccc1)c1ccccc1. The molecule has 2 aromatic rings. The van der Waals surface area contributed by atoms with Gasteiger partial charge in [0.25, 0.3) is 0 Å². The van der Waals surface area contributed by atoms with E-state index < -0.39 is 21.8 Å². The summed E-state index contributed by atoms with van der Waals surface area (Å²) in [6, 6.07) is 18.5. The summed E-state index contributed by atoms with van der Waals surface area (Å²) in [5.74, 6) is -0.738. The van der Waals surface area contributed by atoms with Crippen molar-refractivity contribution in [2.24, 2.45) is 0 Å². The Hall–Kier alpha value is -2.40. The van der Waals surface area contributed by atoms with Crippen LogP contribution in [0.15, 0.2) is 72.1 Å². The quantitative estimate of drug-likeness (QED) is 0.937. The molecular formula is C18H17NO3S. The summed E-state index contributed by atoms with van der Waals surface area (Å²) in [5, 5.41) is 3.99. The molecule has 1 unspecified atom stereocenters. The van der Waals surface area contributed by atoms with Crippen molar-refractivity contribution in [3.63, 3.8) is 0 Å². The van der Waals surface area contributed by atoms with E-state index in [1.807, 2.05) is 60.7 Å². The van der Waals surface area contributed by atoms with Crippen molar-refractivity contribution in [3.05, 3.63) is 83.3 Å². The third kappa shape index (κ3) is 3.68. The molecule has 0 saturated heterocycles. The van der Waals surface area contributed by atoms with Crippen LogP contribution in [0.3, 0.4) is 0 Å². The Kier molecular flexibility index (Phi) is 4.30. The Balaban J connectivity index is 1.87. The topological polar surface area (TPSA) is 63.2 Å². The average Bonchev–Trinajstić information content (AvgIpc) is 2.88. The molecule has 0 fully saturated rings. The van der Waals surface area contributed by atoms with Crippen molar-refractivity contribution >= 4 is 15.7 Å². The van der Waals surface area contributed by atoms with Crippen LogP contribution in [0.1, 0.15) is 17.0 Å². The van der Waals surface area contributed by atoms with Gasteiger partial charge in [-0.2, -0.15) is 0 Å². The predicted octanol–water partition coefficient (Wildman–Crippen LogP) is 2.25. The molecule has 5 heteroatoms. The van der Waals surface area contributed by atoms with Crippen molar-refractivity contribution in [3.8, 4) is 0 Å². The highest BCUT2D eigenvalue weighted by atomic mass is 32.2. The van der Waals surface area contributed by atoms with Gasteiger partial charge in [0.15, 0.2) is 9.84 Å². The molecule has 3 rings (SSSR count). The molecule has 118 valence electrons. The number of benzene rings is 2. The minimum atomic E-state index is -3.19. The number of hydrogen-bond acceptors (Lipinski definition) is 3. The summed E-state index contributed by atoms with van der Waals surface area (Å²) in [6.45, 7) is 0. The summed E-state index contributed by atoms with van der Waals surface area (Å²) < 4.78 is 23.0. The van der Waals surface area contributed by atoms with Gasteiger partial charge in [-0.15, -0.1) is 0 Å². The first-order valence-corrected chi connectivity index (χ1v) is 9.08. The maximum Gasteiger partial charge on any atom is 0.232 e. The zero-order valence-corrected chi connectivity index (χ0v) is 13.2. The molecule has 1 aliphatic rings. The molecule has 1 atom stereocenters. The summed E-state index contributed by atoms with van der Waals surface area (Å²) in [5.41, 5.74) is 1.75. The number of nitrogens with one attached hydrogen (secondary N) is 1. The Labute approximate surface area is 135 Å². The van der Waals surface area contributed by atoms with E-state index in [-0.39, 0.29) is 11.7 Å². The van der Waals surface area contributed by atoms with Crippen LogP contribution in [-0.2, 0) is 14.6 Å². The normalized spacial score (nSPS) is 18.9. The molecule has 0 bridgehead atoms.